The molecule has 0 amide bonds. The molecule has 0 aliphatic carbocycles. The van der Waals surface area contributed by atoms with Crippen LogP contribution in [0.1, 0.15) is 46.0 Å². The van der Waals surface area contributed by atoms with Crippen molar-refractivity contribution in [2.45, 2.75) is 57.7 Å². The third kappa shape index (κ3) is 2.95. The number of carboxylic acids is 1. The number of hydrogen-bond acceptors (Lipinski definition) is 3. The molecule has 0 aromatic heterocycles. The van der Waals surface area contributed by atoms with Crippen molar-refractivity contribution in [3.63, 3.8) is 0 Å². The van der Waals surface area contributed by atoms with Crippen LogP contribution in [0.2, 0.25) is 0 Å². The topological polar surface area (TPSA) is 66.8 Å². The Morgan fingerprint density at radius 2 is 2.25 bits per heavy atom. The van der Waals surface area contributed by atoms with Gasteiger partial charge >= 0.3 is 5.97 Å². The van der Waals surface area contributed by atoms with Gasteiger partial charge in [-0.15, -0.1) is 0 Å². The Labute approximate surface area is 96.6 Å². The highest BCUT2D eigenvalue weighted by Crippen LogP contribution is 2.35. The maximum absolute atomic E-state index is 11.2. The molecule has 0 saturated carbocycles. The van der Waals surface area contributed by atoms with Crippen LogP contribution in [0.15, 0.2) is 0 Å². The lowest BCUT2D eigenvalue weighted by Gasteiger charge is -2.40. The molecule has 0 aromatic carbocycles. The van der Waals surface area contributed by atoms with Gasteiger partial charge in [-0.2, -0.15) is 0 Å². The van der Waals surface area contributed by atoms with Crippen molar-refractivity contribution >= 4 is 5.97 Å². The van der Waals surface area contributed by atoms with Crippen LogP contribution >= 0.6 is 0 Å². The molecule has 0 aromatic rings. The van der Waals surface area contributed by atoms with E-state index in [0.29, 0.717) is 25.9 Å². The van der Waals surface area contributed by atoms with Crippen molar-refractivity contribution in [1.29, 1.82) is 0 Å². The third-order valence-electron chi connectivity index (χ3n) is 3.45. The predicted molar refractivity (Wildman–Crippen MR) is 60.2 cm³/mol. The summed E-state index contributed by atoms with van der Waals surface area (Å²) >= 11 is 0. The van der Waals surface area contributed by atoms with Gasteiger partial charge in [-0.1, -0.05) is 20.3 Å². The van der Waals surface area contributed by atoms with Crippen molar-refractivity contribution in [2.24, 2.45) is 5.92 Å². The maximum atomic E-state index is 11.2. The number of rotatable bonds is 5. The quantitative estimate of drug-likeness (QED) is 0.756. The van der Waals surface area contributed by atoms with Crippen LogP contribution in [0.5, 0.6) is 0 Å². The van der Waals surface area contributed by atoms with Crippen LogP contribution in [0.4, 0.5) is 0 Å². The lowest BCUT2D eigenvalue weighted by molar-refractivity contribution is -0.168. The van der Waals surface area contributed by atoms with Gasteiger partial charge < -0.3 is 14.9 Å². The molecule has 3 unspecified atom stereocenters. The Kier molecular flexibility index (Phi) is 4.74. The predicted octanol–water partition coefficient (Wildman–Crippen LogP) is 1.81. The van der Waals surface area contributed by atoms with Gasteiger partial charge in [0.05, 0.1) is 17.6 Å². The van der Waals surface area contributed by atoms with Crippen LogP contribution in [-0.2, 0) is 9.53 Å². The van der Waals surface area contributed by atoms with E-state index >= 15 is 0 Å². The molecule has 2 N–H and O–H groups in total. The summed E-state index contributed by atoms with van der Waals surface area (Å²) in [4.78, 5) is 11.2. The lowest BCUT2D eigenvalue weighted by atomic mass is 9.76. The number of carbonyl (C=O) groups is 1. The van der Waals surface area contributed by atoms with Crippen molar-refractivity contribution in [2.75, 3.05) is 6.61 Å². The first kappa shape index (κ1) is 13.5. The third-order valence-corrected chi connectivity index (χ3v) is 3.45. The minimum absolute atomic E-state index is 0.00236. The summed E-state index contributed by atoms with van der Waals surface area (Å²) in [7, 11) is 0. The Morgan fingerprint density at radius 3 is 2.75 bits per heavy atom. The molecule has 3 atom stereocenters. The van der Waals surface area contributed by atoms with E-state index in [-0.39, 0.29) is 6.10 Å². The fourth-order valence-electron chi connectivity index (χ4n) is 2.45. The Balaban J connectivity index is 2.75. The van der Waals surface area contributed by atoms with Crippen molar-refractivity contribution in [1.82, 2.24) is 0 Å². The number of carboxylic acid groups (broad SMARTS) is 1. The standard InChI is InChI=1S/C12H22O4/c1-3-5-10(11(13)14)12(15)6-7-16-9(4-2)8-12/h9-10,15H,3-8H2,1-2H3,(H,13,14). The molecule has 1 heterocycles. The Morgan fingerprint density at radius 1 is 1.56 bits per heavy atom. The Bertz CT molecular complexity index is 241. The van der Waals surface area contributed by atoms with Gasteiger partial charge in [0.2, 0.25) is 0 Å². The summed E-state index contributed by atoms with van der Waals surface area (Å²) in [6, 6.07) is 0. The van der Waals surface area contributed by atoms with E-state index in [1.165, 1.54) is 0 Å². The van der Waals surface area contributed by atoms with E-state index in [9.17, 15) is 15.0 Å². The molecule has 4 heteroatoms. The highest BCUT2D eigenvalue weighted by atomic mass is 16.5. The van der Waals surface area contributed by atoms with Gasteiger partial charge in [0, 0.05) is 19.4 Å². The van der Waals surface area contributed by atoms with E-state index in [2.05, 4.69) is 0 Å². The first-order valence-corrected chi connectivity index (χ1v) is 6.10. The summed E-state index contributed by atoms with van der Waals surface area (Å²) in [5.41, 5.74) is -1.08. The summed E-state index contributed by atoms with van der Waals surface area (Å²) < 4.78 is 5.48. The zero-order valence-corrected chi connectivity index (χ0v) is 10.1. The van der Waals surface area contributed by atoms with Gasteiger partial charge in [-0.05, 0) is 12.8 Å². The molecule has 0 radical (unpaired) electrons. The van der Waals surface area contributed by atoms with Gasteiger partial charge in [-0.25, -0.2) is 0 Å². The van der Waals surface area contributed by atoms with Gasteiger partial charge in [0.15, 0.2) is 0 Å². The second-order valence-corrected chi connectivity index (χ2v) is 4.64. The van der Waals surface area contributed by atoms with Crippen molar-refractivity contribution in [3.05, 3.63) is 0 Å². The molecular weight excluding hydrogens is 208 g/mol. The van der Waals surface area contributed by atoms with Crippen LogP contribution in [0.3, 0.4) is 0 Å². The second kappa shape index (κ2) is 5.64. The highest BCUT2D eigenvalue weighted by molar-refractivity contribution is 5.71. The van der Waals surface area contributed by atoms with Crippen molar-refractivity contribution < 1.29 is 19.7 Å². The van der Waals surface area contributed by atoms with E-state index in [1.54, 1.807) is 0 Å². The average Bonchev–Trinajstić information content (AvgIpc) is 2.25. The number of aliphatic carboxylic acids is 1. The van der Waals surface area contributed by atoms with Crippen LogP contribution in [0.25, 0.3) is 0 Å². The molecule has 1 fully saturated rings. The number of ether oxygens (including phenoxy) is 1. The summed E-state index contributed by atoms with van der Waals surface area (Å²) in [5.74, 6) is -1.54. The first-order chi connectivity index (χ1) is 7.53. The van der Waals surface area contributed by atoms with E-state index in [0.717, 1.165) is 12.8 Å². The minimum Gasteiger partial charge on any atom is -0.481 e. The molecule has 1 saturated heterocycles. The molecule has 94 valence electrons. The largest absolute Gasteiger partial charge is 0.481 e. The van der Waals surface area contributed by atoms with E-state index < -0.39 is 17.5 Å². The zero-order chi connectivity index (χ0) is 12.2. The maximum Gasteiger partial charge on any atom is 0.309 e. The smallest absolute Gasteiger partial charge is 0.309 e. The monoisotopic (exact) mass is 230 g/mol. The summed E-state index contributed by atoms with van der Waals surface area (Å²) in [5, 5.41) is 19.7. The van der Waals surface area contributed by atoms with E-state index in [4.69, 9.17) is 4.74 Å². The van der Waals surface area contributed by atoms with Crippen LogP contribution in [-0.4, -0.2) is 34.5 Å². The molecular formula is C12H22O4. The Hall–Kier alpha value is -0.610. The first-order valence-electron chi connectivity index (χ1n) is 6.10. The number of aliphatic hydroxyl groups is 1. The minimum atomic E-state index is -1.08. The number of hydrogen-bond donors (Lipinski definition) is 2. The molecule has 16 heavy (non-hydrogen) atoms. The molecule has 1 aliphatic rings. The summed E-state index contributed by atoms with van der Waals surface area (Å²) in [6.07, 6.45) is 3.00. The molecule has 1 aliphatic heterocycles. The molecule has 4 nitrogen and oxygen atoms in total. The fraction of sp³-hybridized carbons (Fsp3) is 0.917. The molecule has 0 bridgehead atoms. The van der Waals surface area contributed by atoms with Crippen molar-refractivity contribution in [3.8, 4) is 0 Å². The van der Waals surface area contributed by atoms with E-state index in [1.807, 2.05) is 13.8 Å². The van der Waals surface area contributed by atoms with Crippen LogP contribution < -0.4 is 0 Å². The highest BCUT2D eigenvalue weighted by Gasteiger charge is 2.44. The second-order valence-electron chi connectivity index (χ2n) is 4.64. The van der Waals surface area contributed by atoms with Gasteiger partial charge in [0.25, 0.3) is 0 Å². The lowest BCUT2D eigenvalue weighted by Crippen LogP contribution is -2.49. The van der Waals surface area contributed by atoms with Gasteiger partial charge in [-0.3, -0.25) is 4.79 Å². The average molecular weight is 230 g/mol. The molecule has 0 spiro atoms. The fourth-order valence-corrected chi connectivity index (χ4v) is 2.45. The van der Waals surface area contributed by atoms with Crippen LogP contribution in [0, 0.1) is 5.92 Å². The van der Waals surface area contributed by atoms with Gasteiger partial charge in [0.1, 0.15) is 0 Å². The normalized spacial score (nSPS) is 32.3. The SMILES string of the molecule is CCCC(C(=O)O)C1(O)CCOC(CC)C1. The molecule has 1 rings (SSSR count). The summed E-state index contributed by atoms with van der Waals surface area (Å²) in [6.45, 7) is 4.39. The zero-order valence-electron chi connectivity index (χ0n) is 10.1.